The lowest BCUT2D eigenvalue weighted by Gasteiger charge is -2.27. The second kappa shape index (κ2) is 4.53. The molecule has 90 valence electrons. The number of carbonyl (C=O) groups excluding carboxylic acids is 2. The van der Waals surface area contributed by atoms with E-state index in [-0.39, 0.29) is 18.4 Å². The van der Waals surface area contributed by atoms with Crippen LogP contribution in [0.2, 0.25) is 0 Å². The first-order chi connectivity index (χ1) is 8.09. The predicted octanol–water partition coefficient (Wildman–Crippen LogP) is 0.706. The van der Waals surface area contributed by atoms with Gasteiger partial charge in [-0.15, -0.1) is 0 Å². The van der Waals surface area contributed by atoms with Gasteiger partial charge < -0.3 is 10.2 Å². The fourth-order valence-corrected chi connectivity index (χ4v) is 1.82. The lowest BCUT2D eigenvalue weighted by Crippen LogP contribution is -2.50. The molecule has 1 aliphatic rings. The first-order valence-electron chi connectivity index (χ1n) is 5.40. The summed E-state index contributed by atoms with van der Waals surface area (Å²) in [5.41, 5.74) is 0.642. The SMILES string of the molecule is Cc1c(F)cccc1C(=O)N1CCNC(=O)C1. The molecule has 0 spiro atoms. The van der Waals surface area contributed by atoms with E-state index in [9.17, 15) is 14.0 Å². The molecule has 2 amide bonds. The van der Waals surface area contributed by atoms with Gasteiger partial charge in [0.25, 0.3) is 5.91 Å². The molecule has 1 aromatic carbocycles. The Morgan fingerprint density at radius 1 is 1.47 bits per heavy atom. The van der Waals surface area contributed by atoms with Crippen LogP contribution >= 0.6 is 0 Å². The van der Waals surface area contributed by atoms with Gasteiger partial charge in [-0.25, -0.2) is 4.39 Å². The molecule has 2 rings (SSSR count). The van der Waals surface area contributed by atoms with E-state index in [1.807, 2.05) is 0 Å². The summed E-state index contributed by atoms with van der Waals surface area (Å²) >= 11 is 0. The average Bonchev–Trinajstić information content (AvgIpc) is 2.32. The summed E-state index contributed by atoms with van der Waals surface area (Å²) in [6.45, 7) is 2.50. The minimum Gasteiger partial charge on any atom is -0.353 e. The van der Waals surface area contributed by atoms with E-state index in [1.165, 1.54) is 17.0 Å². The largest absolute Gasteiger partial charge is 0.353 e. The molecule has 0 bridgehead atoms. The molecule has 1 aliphatic heterocycles. The highest BCUT2D eigenvalue weighted by molar-refractivity contribution is 5.98. The van der Waals surface area contributed by atoms with E-state index in [0.717, 1.165) is 0 Å². The Labute approximate surface area is 98.4 Å². The molecular formula is C12H13FN2O2. The zero-order chi connectivity index (χ0) is 12.4. The Kier molecular flexibility index (Phi) is 3.08. The molecule has 5 heteroatoms. The predicted molar refractivity (Wildman–Crippen MR) is 60.1 cm³/mol. The van der Waals surface area contributed by atoms with E-state index < -0.39 is 5.82 Å². The summed E-state index contributed by atoms with van der Waals surface area (Å²) < 4.78 is 13.3. The molecule has 0 aromatic heterocycles. The molecule has 17 heavy (non-hydrogen) atoms. The van der Waals surface area contributed by atoms with Crippen molar-refractivity contribution in [3.8, 4) is 0 Å². The second-order valence-corrected chi connectivity index (χ2v) is 3.99. The van der Waals surface area contributed by atoms with E-state index in [1.54, 1.807) is 13.0 Å². The Balaban J connectivity index is 2.24. The summed E-state index contributed by atoms with van der Waals surface area (Å²) in [6.07, 6.45) is 0. The highest BCUT2D eigenvalue weighted by atomic mass is 19.1. The highest BCUT2D eigenvalue weighted by Gasteiger charge is 2.23. The van der Waals surface area contributed by atoms with Crippen molar-refractivity contribution in [2.24, 2.45) is 0 Å². The Morgan fingerprint density at radius 2 is 2.24 bits per heavy atom. The topological polar surface area (TPSA) is 49.4 Å². The number of rotatable bonds is 1. The van der Waals surface area contributed by atoms with Crippen LogP contribution in [0, 0.1) is 12.7 Å². The van der Waals surface area contributed by atoms with Crippen LogP contribution in [-0.2, 0) is 4.79 Å². The van der Waals surface area contributed by atoms with Gasteiger partial charge in [-0.3, -0.25) is 9.59 Å². The quantitative estimate of drug-likeness (QED) is 0.780. The summed E-state index contributed by atoms with van der Waals surface area (Å²) in [5.74, 6) is -0.882. The molecule has 1 fully saturated rings. The van der Waals surface area contributed by atoms with Crippen LogP contribution in [-0.4, -0.2) is 36.3 Å². The number of halogens is 1. The summed E-state index contributed by atoms with van der Waals surface area (Å²) in [7, 11) is 0. The third kappa shape index (κ3) is 2.27. The van der Waals surface area contributed by atoms with Crippen LogP contribution in [0.25, 0.3) is 0 Å². The maximum Gasteiger partial charge on any atom is 0.254 e. The molecule has 0 unspecified atom stereocenters. The summed E-state index contributed by atoms with van der Waals surface area (Å²) in [5, 5.41) is 2.64. The summed E-state index contributed by atoms with van der Waals surface area (Å²) in [6, 6.07) is 4.39. The van der Waals surface area contributed by atoms with Crippen molar-refractivity contribution in [1.29, 1.82) is 0 Å². The maximum absolute atomic E-state index is 13.3. The van der Waals surface area contributed by atoms with Crippen molar-refractivity contribution in [3.63, 3.8) is 0 Å². The zero-order valence-corrected chi connectivity index (χ0v) is 9.50. The number of amides is 2. The van der Waals surface area contributed by atoms with Gasteiger partial charge in [0.1, 0.15) is 5.82 Å². The molecule has 4 nitrogen and oxygen atoms in total. The average molecular weight is 236 g/mol. The van der Waals surface area contributed by atoms with Crippen molar-refractivity contribution in [3.05, 3.63) is 35.1 Å². The van der Waals surface area contributed by atoms with Crippen LogP contribution in [0.4, 0.5) is 4.39 Å². The van der Waals surface area contributed by atoms with Crippen molar-refractivity contribution in [1.82, 2.24) is 10.2 Å². The standard InChI is InChI=1S/C12H13FN2O2/c1-8-9(3-2-4-10(8)13)12(17)15-6-5-14-11(16)7-15/h2-4H,5-7H2,1H3,(H,14,16). The molecule has 0 saturated carbocycles. The highest BCUT2D eigenvalue weighted by Crippen LogP contribution is 2.14. The van der Waals surface area contributed by atoms with Crippen molar-refractivity contribution >= 4 is 11.8 Å². The number of piperazine rings is 1. The lowest BCUT2D eigenvalue weighted by atomic mass is 10.1. The number of nitrogens with zero attached hydrogens (tertiary/aromatic N) is 1. The lowest BCUT2D eigenvalue weighted by molar-refractivity contribution is -0.123. The first kappa shape index (κ1) is 11.6. The molecular weight excluding hydrogens is 223 g/mol. The molecule has 1 aromatic rings. The van der Waals surface area contributed by atoms with Crippen LogP contribution < -0.4 is 5.32 Å². The van der Waals surface area contributed by atoms with Crippen LogP contribution in [0.15, 0.2) is 18.2 Å². The Bertz CT molecular complexity index is 474. The monoisotopic (exact) mass is 236 g/mol. The second-order valence-electron chi connectivity index (χ2n) is 3.99. The minimum absolute atomic E-state index is 0.0365. The molecule has 0 atom stereocenters. The maximum atomic E-state index is 13.3. The Morgan fingerprint density at radius 3 is 2.94 bits per heavy atom. The van der Waals surface area contributed by atoms with Crippen LogP contribution in [0.3, 0.4) is 0 Å². The molecule has 0 aliphatic carbocycles. The van der Waals surface area contributed by atoms with Crippen LogP contribution in [0.5, 0.6) is 0 Å². The van der Waals surface area contributed by atoms with Gasteiger partial charge in [0.05, 0.1) is 6.54 Å². The number of hydrogen-bond acceptors (Lipinski definition) is 2. The number of benzene rings is 1. The Hall–Kier alpha value is -1.91. The fraction of sp³-hybridized carbons (Fsp3) is 0.333. The van der Waals surface area contributed by atoms with Gasteiger partial charge in [-0.2, -0.15) is 0 Å². The van der Waals surface area contributed by atoms with Gasteiger partial charge in [0.2, 0.25) is 5.91 Å². The number of carbonyl (C=O) groups is 2. The zero-order valence-electron chi connectivity index (χ0n) is 9.50. The van der Waals surface area contributed by atoms with Crippen molar-refractivity contribution < 1.29 is 14.0 Å². The fourth-order valence-electron chi connectivity index (χ4n) is 1.82. The first-order valence-corrected chi connectivity index (χ1v) is 5.40. The number of hydrogen-bond donors (Lipinski definition) is 1. The van der Waals surface area contributed by atoms with E-state index in [4.69, 9.17) is 0 Å². The van der Waals surface area contributed by atoms with Gasteiger partial charge in [-0.1, -0.05) is 6.07 Å². The number of nitrogens with one attached hydrogen (secondary N) is 1. The summed E-state index contributed by atoms with van der Waals surface area (Å²) in [4.78, 5) is 24.7. The van der Waals surface area contributed by atoms with E-state index >= 15 is 0 Å². The molecule has 1 saturated heterocycles. The van der Waals surface area contributed by atoms with E-state index in [0.29, 0.717) is 24.2 Å². The van der Waals surface area contributed by atoms with Crippen molar-refractivity contribution in [2.75, 3.05) is 19.6 Å². The molecule has 0 radical (unpaired) electrons. The molecule has 1 N–H and O–H groups in total. The minimum atomic E-state index is -0.405. The molecule has 1 heterocycles. The van der Waals surface area contributed by atoms with Gasteiger partial charge >= 0.3 is 0 Å². The smallest absolute Gasteiger partial charge is 0.254 e. The van der Waals surface area contributed by atoms with Gasteiger partial charge in [-0.05, 0) is 24.6 Å². The third-order valence-corrected chi connectivity index (χ3v) is 2.82. The van der Waals surface area contributed by atoms with Gasteiger partial charge in [0, 0.05) is 18.7 Å². The van der Waals surface area contributed by atoms with Crippen molar-refractivity contribution in [2.45, 2.75) is 6.92 Å². The normalized spacial score (nSPS) is 15.6. The van der Waals surface area contributed by atoms with Gasteiger partial charge in [0.15, 0.2) is 0 Å². The van der Waals surface area contributed by atoms with E-state index in [2.05, 4.69) is 5.32 Å². The third-order valence-electron chi connectivity index (χ3n) is 2.82. The van der Waals surface area contributed by atoms with Crippen LogP contribution in [0.1, 0.15) is 15.9 Å².